The maximum absolute atomic E-state index is 12.8. The maximum Gasteiger partial charge on any atom is 0.439 e. The summed E-state index contributed by atoms with van der Waals surface area (Å²) in [5.41, 5.74) is 0.589. The van der Waals surface area contributed by atoms with E-state index in [1.807, 2.05) is 0 Å². The molecule has 3 rings (SSSR count). The molecule has 1 unspecified atom stereocenters. The molecule has 11 heteroatoms. The fourth-order valence-corrected chi connectivity index (χ4v) is 4.21. The molecule has 1 aromatic carbocycles. The third kappa shape index (κ3) is 4.57. The number of rotatable bonds is 8. The van der Waals surface area contributed by atoms with E-state index in [2.05, 4.69) is 4.98 Å². The summed E-state index contributed by atoms with van der Waals surface area (Å²) in [4.78, 5) is 14.3. The highest BCUT2D eigenvalue weighted by Crippen LogP contribution is 2.37. The van der Waals surface area contributed by atoms with Gasteiger partial charge in [0.05, 0.1) is 13.2 Å². The third-order valence-corrected chi connectivity index (χ3v) is 5.76. The van der Waals surface area contributed by atoms with Crippen LogP contribution in [0.4, 0.5) is 5.95 Å². The number of ether oxygens (including phenoxy) is 2. The molecule has 10 nitrogen and oxygen atoms in total. The van der Waals surface area contributed by atoms with Crippen LogP contribution < -0.4 is 4.74 Å². The second-order valence-corrected chi connectivity index (χ2v) is 8.19. The molecule has 0 N–H and O–H groups in total. The molecule has 0 aliphatic carbocycles. The lowest BCUT2D eigenvalue weighted by molar-refractivity contribution is -0.395. The van der Waals surface area contributed by atoms with Crippen molar-refractivity contribution in [3.63, 3.8) is 0 Å². The van der Waals surface area contributed by atoms with Gasteiger partial charge in [0.15, 0.2) is 17.7 Å². The number of benzene rings is 1. The van der Waals surface area contributed by atoms with E-state index in [1.54, 1.807) is 19.9 Å². The molecule has 1 aromatic heterocycles. The van der Waals surface area contributed by atoms with E-state index in [1.165, 1.54) is 18.5 Å². The standard InChI is InChI=1S/C18H23N3O7S/c1-3-11-27-29(24,25)14-8-7-13(2)17(28-15-6-4-5-12-26-15)16(14)20-10-9-19-18(20)21(22)23/h7-10,15H,3-6,11-12H2,1-2H3. The topological polar surface area (TPSA) is 123 Å². The van der Waals surface area contributed by atoms with Crippen LogP contribution in [-0.4, -0.2) is 42.4 Å². The zero-order valence-electron chi connectivity index (χ0n) is 16.2. The Balaban J connectivity index is 2.20. The van der Waals surface area contributed by atoms with Gasteiger partial charge in [-0.25, -0.2) is 0 Å². The maximum atomic E-state index is 12.8. The number of aryl methyl sites for hydroxylation is 1. The van der Waals surface area contributed by atoms with Gasteiger partial charge in [-0.2, -0.15) is 13.0 Å². The smallest absolute Gasteiger partial charge is 0.439 e. The van der Waals surface area contributed by atoms with Gasteiger partial charge < -0.3 is 19.6 Å². The monoisotopic (exact) mass is 425 g/mol. The molecule has 0 spiro atoms. The van der Waals surface area contributed by atoms with E-state index < -0.39 is 27.3 Å². The number of imidazole rings is 1. The minimum Gasteiger partial charge on any atom is -0.461 e. The summed E-state index contributed by atoms with van der Waals surface area (Å²) in [7, 11) is -4.19. The minimum atomic E-state index is -4.19. The molecule has 158 valence electrons. The predicted octanol–water partition coefficient (Wildman–Crippen LogP) is 3.11. The Labute approximate surface area is 168 Å². The summed E-state index contributed by atoms with van der Waals surface area (Å²) in [6.07, 6.45) is 4.92. The van der Waals surface area contributed by atoms with Crippen molar-refractivity contribution in [1.29, 1.82) is 0 Å². The first-order valence-corrected chi connectivity index (χ1v) is 10.8. The zero-order valence-corrected chi connectivity index (χ0v) is 17.1. The normalized spacial score (nSPS) is 17.2. The molecule has 1 aliphatic rings. The average molecular weight is 425 g/mol. The Morgan fingerprint density at radius 3 is 2.83 bits per heavy atom. The molecule has 1 atom stereocenters. The molecule has 0 bridgehead atoms. The highest BCUT2D eigenvalue weighted by atomic mass is 32.2. The van der Waals surface area contributed by atoms with Crippen molar-refractivity contribution in [3.05, 3.63) is 40.2 Å². The molecular weight excluding hydrogens is 402 g/mol. The van der Waals surface area contributed by atoms with E-state index in [0.717, 1.165) is 17.4 Å². The molecule has 2 heterocycles. The Morgan fingerprint density at radius 1 is 1.38 bits per heavy atom. The van der Waals surface area contributed by atoms with Crippen molar-refractivity contribution in [2.24, 2.45) is 0 Å². The number of hydrogen-bond acceptors (Lipinski definition) is 8. The molecule has 29 heavy (non-hydrogen) atoms. The van der Waals surface area contributed by atoms with Crippen molar-refractivity contribution in [2.45, 2.75) is 50.7 Å². The second-order valence-electron chi connectivity index (χ2n) is 6.60. The van der Waals surface area contributed by atoms with Gasteiger partial charge in [-0.1, -0.05) is 18.0 Å². The summed E-state index contributed by atoms with van der Waals surface area (Å²) < 4.78 is 43.4. The van der Waals surface area contributed by atoms with Gasteiger partial charge in [0.2, 0.25) is 0 Å². The first-order chi connectivity index (χ1) is 13.8. The fraction of sp³-hybridized carbons (Fsp3) is 0.500. The van der Waals surface area contributed by atoms with Crippen LogP contribution in [0, 0.1) is 17.0 Å². The van der Waals surface area contributed by atoms with Gasteiger partial charge in [0.1, 0.15) is 17.3 Å². The molecule has 0 amide bonds. The van der Waals surface area contributed by atoms with Gasteiger partial charge in [-0.15, -0.1) is 0 Å². The number of nitro groups is 1. The van der Waals surface area contributed by atoms with Crippen molar-refractivity contribution in [1.82, 2.24) is 9.55 Å². The molecule has 1 aliphatic heterocycles. The van der Waals surface area contributed by atoms with E-state index >= 15 is 0 Å². The van der Waals surface area contributed by atoms with Crippen LogP contribution >= 0.6 is 0 Å². The molecule has 0 saturated carbocycles. The number of nitrogens with zero attached hydrogens (tertiary/aromatic N) is 3. The van der Waals surface area contributed by atoms with Crippen LogP contribution in [0.15, 0.2) is 29.4 Å². The largest absolute Gasteiger partial charge is 0.461 e. The molecule has 0 radical (unpaired) electrons. The van der Waals surface area contributed by atoms with Gasteiger partial charge in [-0.3, -0.25) is 4.18 Å². The number of hydrogen-bond donors (Lipinski definition) is 0. The highest BCUT2D eigenvalue weighted by molar-refractivity contribution is 7.86. The predicted molar refractivity (Wildman–Crippen MR) is 103 cm³/mol. The molecule has 1 saturated heterocycles. The van der Waals surface area contributed by atoms with Crippen LogP contribution in [0.5, 0.6) is 5.75 Å². The van der Waals surface area contributed by atoms with E-state index in [-0.39, 0.29) is 22.9 Å². The summed E-state index contributed by atoms with van der Waals surface area (Å²) >= 11 is 0. The van der Waals surface area contributed by atoms with Crippen LogP contribution in [0.3, 0.4) is 0 Å². The highest BCUT2D eigenvalue weighted by Gasteiger charge is 2.32. The number of aromatic nitrogens is 2. The van der Waals surface area contributed by atoms with Gasteiger partial charge in [0, 0.05) is 6.42 Å². The lowest BCUT2D eigenvalue weighted by Crippen LogP contribution is -2.26. The van der Waals surface area contributed by atoms with E-state index in [4.69, 9.17) is 13.7 Å². The van der Waals surface area contributed by atoms with Crippen molar-refractivity contribution in [3.8, 4) is 11.4 Å². The molecule has 2 aromatic rings. The van der Waals surface area contributed by atoms with Gasteiger partial charge >= 0.3 is 16.1 Å². The summed E-state index contributed by atoms with van der Waals surface area (Å²) in [6.45, 7) is 4.03. The lowest BCUT2D eigenvalue weighted by Gasteiger charge is -2.25. The van der Waals surface area contributed by atoms with Gasteiger partial charge in [0.25, 0.3) is 0 Å². The van der Waals surface area contributed by atoms with E-state index in [0.29, 0.717) is 25.0 Å². The SMILES string of the molecule is CCCOS(=O)(=O)c1ccc(C)c(OC2CCCCO2)c1-n1ccnc1[N+](=O)[O-]. The van der Waals surface area contributed by atoms with Crippen LogP contribution in [0.2, 0.25) is 0 Å². The Morgan fingerprint density at radius 2 is 2.17 bits per heavy atom. The van der Waals surface area contributed by atoms with Crippen molar-refractivity contribution < 1.29 is 27.0 Å². The second kappa shape index (κ2) is 8.89. The lowest BCUT2D eigenvalue weighted by atomic mass is 10.1. The van der Waals surface area contributed by atoms with Crippen molar-refractivity contribution in [2.75, 3.05) is 13.2 Å². The van der Waals surface area contributed by atoms with E-state index in [9.17, 15) is 18.5 Å². The first-order valence-electron chi connectivity index (χ1n) is 9.34. The third-order valence-electron chi connectivity index (χ3n) is 4.42. The van der Waals surface area contributed by atoms with Gasteiger partial charge in [-0.05, 0) is 42.7 Å². The summed E-state index contributed by atoms with van der Waals surface area (Å²) in [5, 5.41) is 11.5. The Kier molecular flexibility index (Phi) is 6.50. The van der Waals surface area contributed by atoms with Crippen LogP contribution in [-0.2, 0) is 19.0 Å². The Hall–Kier alpha value is -2.50. The van der Waals surface area contributed by atoms with Crippen LogP contribution in [0.1, 0.15) is 38.2 Å². The molecule has 1 fully saturated rings. The molecular formula is C18H23N3O7S. The van der Waals surface area contributed by atoms with Crippen molar-refractivity contribution >= 4 is 16.1 Å². The summed E-state index contributed by atoms with van der Waals surface area (Å²) in [5.74, 6) is -0.351. The quantitative estimate of drug-likeness (QED) is 0.359. The first kappa shape index (κ1) is 21.2. The van der Waals surface area contributed by atoms with Crippen LogP contribution in [0.25, 0.3) is 5.69 Å². The Bertz CT molecular complexity index is 981. The minimum absolute atomic E-state index is 0.0103. The zero-order chi connectivity index (χ0) is 21.0. The summed E-state index contributed by atoms with van der Waals surface area (Å²) in [6, 6.07) is 2.93. The fourth-order valence-electron chi connectivity index (χ4n) is 3.03. The average Bonchev–Trinajstić information content (AvgIpc) is 3.18.